The summed E-state index contributed by atoms with van der Waals surface area (Å²) in [7, 11) is 0. The Balaban J connectivity index is 1.50. The monoisotopic (exact) mass is 564 g/mol. The Bertz CT molecular complexity index is 1000. The zero-order valence-corrected chi connectivity index (χ0v) is 22.8. The molecule has 0 aliphatic carbocycles. The smallest absolute Gasteiger partial charge is 0.171 e. The summed E-state index contributed by atoms with van der Waals surface area (Å²) >= 11 is 0. The van der Waals surface area contributed by atoms with Gasteiger partial charge in [0.05, 0.1) is 92.5 Å². The fraction of sp³-hybridized carbons (Fsp3) is 0.571. The molecule has 12 heteroatoms. The summed E-state index contributed by atoms with van der Waals surface area (Å²) < 4.78 is 44.8. The van der Waals surface area contributed by atoms with Crippen molar-refractivity contribution in [3.05, 3.63) is 36.7 Å². The summed E-state index contributed by atoms with van der Waals surface area (Å²) in [6, 6.07) is 7.57. The first-order chi connectivity index (χ1) is 19.9. The summed E-state index contributed by atoms with van der Waals surface area (Å²) in [5, 5.41) is 19.0. The van der Waals surface area contributed by atoms with Crippen molar-refractivity contribution >= 4 is 21.8 Å². The van der Waals surface area contributed by atoms with Crippen LogP contribution in [0.2, 0.25) is 0 Å². The SMILES string of the molecule is OCCOCCOCCOCCOc1c(OCCOCCOCCOCCO)c2cccnc2c2ncccc12. The van der Waals surface area contributed by atoms with Gasteiger partial charge in [-0.1, -0.05) is 0 Å². The molecule has 3 rings (SSSR count). The molecule has 0 saturated carbocycles. The standard InChI is InChI=1S/C28H40N2O10/c31-7-9-33-11-13-35-15-17-37-19-21-39-27-23-3-1-5-29-25(23)26-24(4-2-6-30-26)28(27)40-22-20-38-18-16-36-14-12-34-10-8-32/h1-6,31-32H,7-22H2. The average molecular weight is 565 g/mol. The van der Waals surface area contributed by atoms with E-state index in [4.69, 9.17) is 48.1 Å². The number of nitrogens with zero attached hydrogens (tertiary/aromatic N) is 2. The van der Waals surface area contributed by atoms with E-state index >= 15 is 0 Å². The largest absolute Gasteiger partial charge is 0.487 e. The maximum atomic E-state index is 8.69. The second-order valence-electron chi connectivity index (χ2n) is 8.28. The van der Waals surface area contributed by atoms with Gasteiger partial charge in [0.15, 0.2) is 11.5 Å². The number of pyridine rings is 2. The molecule has 12 nitrogen and oxygen atoms in total. The maximum absolute atomic E-state index is 8.69. The van der Waals surface area contributed by atoms with Crippen LogP contribution in [0.5, 0.6) is 11.5 Å². The summed E-state index contributed by atoms with van der Waals surface area (Å²) in [4.78, 5) is 9.10. The van der Waals surface area contributed by atoms with Crippen molar-refractivity contribution in [1.29, 1.82) is 0 Å². The first-order valence-electron chi connectivity index (χ1n) is 13.5. The van der Waals surface area contributed by atoms with Crippen molar-refractivity contribution in [3.63, 3.8) is 0 Å². The Morgan fingerprint density at radius 2 is 0.775 bits per heavy atom. The Morgan fingerprint density at radius 3 is 1.12 bits per heavy atom. The zero-order chi connectivity index (χ0) is 28.1. The second-order valence-corrected chi connectivity index (χ2v) is 8.28. The number of ether oxygens (including phenoxy) is 8. The van der Waals surface area contributed by atoms with Crippen molar-refractivity contribution in [2.45, 2.75) is 0 Å². The summed E-state index contributed by atoms with van der Waals surface area (Å²) in [5.41, 5.74) is 1.46. The lowest BCUT2D eigenvalue weighted by molar-refractivity contribution is 0.00252. The molecule has 3 aromatic rings. The van der Waals surface area contributed by atoms with Crippen molar-refractivity contribution in [2.24, 2.45) is 0 Å². The van der Waals surface area contributed by atoms with E-state index in [1.54, 1.807) is 12.4 Å². The van der Waals surface area contributed by atoms with Gasteiger partial charge in [-0.3, -0.25) is 9.97 Å². The van der Waals surface area contributed by atoms with Gasteiger partial charge in [-0.2, -0.15) is 0 Å². The molecule has 0 unspecified atom stereocenters. The molecule has 0 atom stereocenters. The minimum atomic E-state index is 0.00240. The van der Waals surface area contributed by atoms with Gasteiger partial charge < -0.3 is 48.1 Å². The molecule has 0 radical (unpaired) electrons. The Morgan fingerprint density at radius 1 is 0.450 bits per heavy atom. The molecule has 222 valence electrons. The Labute approximate surface area is 234 Å². The van der Waals surface area contributed by atoms with E-state index in [9.17, 15) is 0 Å². The molecule has 0 fully saturated rings. The van der Waals surface area contributed by atoms with Crippen molar-refractivity contribution in [2.75, 3.05) is 106 Å². The molecule has 0 aliphatic rings. The van der Waals surface area contributed by atoms with Crippen LogP contribution in [0.1, 0.15) is 0 Å². The van der Waals surface area contributed by atoms with Crippen LogP contribution in [0.25, 0.3) is 21.8 Å². The highest BCUT2D eigenvalue weighted by atomic mass is 16.6. The lowest BCUT2D eigenvalue weighted by Crippen LogP contribution is -2.15. The van der Waals surface area contributed by atoms with E-state index in [1.807, 2.05) is 24.3 Å². The molecule has 2 N–H and O–H groups in total. The first kappa shape index (κ1) is 31.8. The number of rotatable bonds is 24. The van der Waals surface area contributed by atoms with Crippen molar-refractivity contribution < 1.29 is 48.1 Å². The molecule has 2 heterocycles. The molecule has 0 saturated heterocycles. The number of aliphatic hydroxyl groups excluding tert-OH is 2. The fourth-order valence-corrected chi connectivity index (χ4v) is 3.70. The predicted octanol–water partition coefficient (Wildman–Crippen LogP) is 1.62. The number of fused-ring (bicyclic) bond motifs is 3. The van der Waals surface area contributed by atoms with Gasteiger partial charge in [0.2, 0.25) is 0 Å². The van der Waals surface area contributed by atoms with Gasteiger partial charge in [0.25, 0.3) is 0 Å². The van der Waals surface area contributed by atoms with E-state index in [0.717, 1.165) is 21.8 Å². The lowest BCUT2D eigenvalue weighted by Gasteiger charge is -2.18. The minimum absolute atomic E-state index is 0.00240. The molecule has 0 bridgehead atoms. The first-order valence-corrected chi connectivity index (χ1v) is 13.5. The number of hydrogen-bond acceptors (Lipinski definition) is 12. The summed E-state index contributed by atoms with van der Waals surface area (Å²) in [6.45, 7) is 5.46. The predicted molar refractivity (Wildman–Crippen MR) is 147 cm³/mol. The highest BCUT2D eigenvalue weighted by Gasteiger charge is 2.18. The summed E-state index contributed by atoms with van der Waals surface area (Å²) in [5.74, 6) is 1.16. The minimum Gasteiger partial charge on any atom is -0.487 e. The van der Waals surface area contributed by atoms with E-state index in [1.165, 1.54) is 0 Å². The molecule has 0 spiro atoms. The van der Waals surface area contributed by atoms with Crippen LogP contribution in [-0.4, -0.2) is 126 Å². The van der Waals surface area contributed by atoms with Crippen LogP contribution >= 0.6 is 0 Å². The number of aromatic nitrogens is 2. The van der Waals surface area contributed by atoms with Crippen LogP contribution in [0, 0.1) is 0 Å². The Hall–Kier alpha value is -2.68. The van der Waals surface area contributed by atoms with Gasteiger partial charge in [0.1, 0.15) is 24.2 Å². The Kier molecular flexibility index (Phi) is 16.1. The van der Waals surface area contributed by atoms with Crippen LogP contribution in [0.15, 0.2) is 36.7 Å². The number of hydrogen-bond donors (Lipinski definition) is 2. The average Bonchev–Trinajstić information content (AvgIpc) is 2.99. The normalized spacial score (nSPS) is 11.4. The van der Waals surface area contributed by atoms with Crippen molar-refractivity contribution in [1.82, 2.24) is 9.97 Å². The fourth-order valence-electron chi connectivity index (χ4n) is 3.70. The molecule has 40 heavy (non-hydrogen) atoms. The molecule has 0 amide bonds. The third-order valence-electron chi connectivity index (χ3n) is 5.44. The molecular formula is C28H40N2O10. The van der Waals surface area contributed by atoms with Gasteiger partial charge in [-0.15, -0.1) is 0 Å². The van der Waals surface area contributed by atoms with E-state index < -0.39 is 0 Å². The molecular weight excluding hydrogens is 524 g/mol. The van der Waals surface area contributed by atoms with E-state index in [0.29, 0.717) is 104 Å². The van der Waals surface area contributed by atoms with Gasteiger partial charge >= 0.3 is 0 Å². The van der Waals surface area contributed by atoms with Crippen LogP contribution in [0.4, 0.5) is 0 Å². The van der Waals surface area contributed by atoms with Crippen LogP contribution < -0.4 is 9.47 Å². The zero-order valence-electron chi connectivity index (χ0n) is 22.8. The number of aliphatic hydroxyl groups is 2. The van der Waals surface area contributed by atoms with Crippen LogP contribution in [-0.2, 0) is 28.4 Å². The summed E-state index contributed by atoms with van der Waals surface area (Å²) in [6.07, 6.45) is 3.46. The second kappa shape index (κ2) is 20.2. The van der Waals surface area contributed by atoms with Gasteiger partial charge in [-0.25, -0.2) is 0 Å². The van der Waals surface area contributed by atoms with E-state index in [2.05, 4.69) is 9.97 Å². The topological polar surface area (TPSA) is 140 Å². The number of benzene rings is 1. The van der Waals surface area contributed by atoms with E-state index in [-0.39, 0.29) is 13.2 Å². The third-order valence-corrected chi connectivity index (χ3v) is 5.44. The third kappa shape index (κ3) is 11.1. The van der Waals surface area contributed by atoms with Gasteiger partial charge in [-0.05, 0) is 24.3 Å². The molecule has 0 aliphatic heterocycles. The van der Waals surface area contributed by atoms with Crippen LogP contribution in [0.3, 0.4) is 0 Å². The highest BCUT2D eigenvalue weighted by molar-refractivity contribution is 6.09. The maximum Gasteiger partial charge on any atom is 0.171 e. The quantitative estimate of drug-likeness (QED) is 0.121. The lowest BCUT2D eigenvalue weighted by atomic mass is 10.1. The molecule has 2 aromatic heterocycles. The molecule has 1 aromatic carbocycles. The van der Waals surface area contributed by atoms with Gasteiger partial charge in [0, 0.05) is 23.2 Å². The van der Waals surface area contributed by atoms with Crippen molar-refractivity contribution in [3.8, 4) is 11.5 Å². The highest BCUT2D eigenvalue weighted by Crippen LogP contribution is 2.42.